The van der Waals surface area contributed by atoms with Crippen molar-refractivity contribution in [2.45, 2.75) is 45.8 Å². The quantitative estimate of drug-likeness (QED) is 0.349. The average molecular weight is 497 g/mol. The fourth-order valence-electron chi connectivity index (χ4n) is 3.53. The smallest absolute Gasteiger partial charge is 0.191 e. The van der Waals surface area contributed by atoms with Gasteiger partial charge in [0.05, 0.1) is 0 Å². The number of rotatable bonds is 7. The van der Waals surface area contributed by atoms with Gasteiger partial charge in [-0.25, -0.2) is 9.98 Å². The molecular formula is C20H32IN7. The zero-order valence-electron chi connectivity index (χ0n) is 17.1. The highest BCUT2D eigenvalue weighted by molar-refractivity contribution is 14.0. The summed E-state index contributed by atoms with van der Waals surface area (Å²) in [6.07, 6.45) is 3.80. The van der Waals surface area contributed by atoms with Crippen molar-refractivity contribution in [1.82, 2.24) is 30.3 Å². The second-order valence-corrected chi connectivity index (χ2v) is 6.93. The molecule has 1 aromatic heterocycles. The predicted molar refractivity (Wildman–Crippen MR) is 124 cm³/mol. The Hall–Kier alpha value is -1.68. The molecule has 154 valence electrons. The number of nitrogens with zero attached hydrogens (tertiary/aromatic N) is 5. The number of fused-ring (bicyclic) bond motifs is 1. The van der Waals surface area contributed by atoms with Crippen molar-refractivity contribution in [3.8, 4) is 0 Å². The summed E-state index contributed by atoms with van der Waals surface area (Å²) < 4.78 is 1.76. The van der Waals surface area contributed by atoms with Crippen LogP contribution in [0.25, 0.3) is 0 Å². The second kappa shape index (κ2) is 11.4. The maximum Gasteiger partial charge on any atom is 0.191 e. The standard InChI is InChI=1S/C20H31N7.HI/c1-4-18(27-11-10-16-8-6-7-9-17(16)14-27)12-22-20(21-5-2)23-13-19-24-15-25-26(19)3;/h6-9,15,18H,4-5,10-14H2,1-3H3,(H2,21,22,23);1H. The molecule has 3 rings (SSSR count). The third kappa shape index (κ3) is 5.91. The van der Waals surface area contributed by atoms with Gasteiger partial charge in [-0.05, 0) is 30.9 Å². The van der Waals surface area contributed by atoms with Crippen LogP contribution in [0.3, 0.4) is 0 Å². The third-order valence-corrected chi connectivity index (χ3v) is 5.18. The van der Waals surface area contributed by atoms with Crippen molar-refractivity contribution >= 4 is 29.9 Å². The molecule has 0 fully saturated rings. The van der Waals surface area contributed by atoms with Crippen molar-refractivity contribution < 1.29 is 0 Å². The van der Waals surface area contributed by atoms with Gasteiger partial charge in [-0.2, -0.15) is 5.10 Å². The van der Waals surface area contributed by atoms with Crippen LogP contribution >= 0.6 is 24.0 Å². The van der Waals surface area contributed by atoms with E-state index in [0.29, 0.717) is 12.6 Å². The summed E-state index contributed by atoms with van der Waals surface area (Å²) in [5.41, 5.74) is 2.96. The molecule has 0 spiro atoms. The number of hydrogen-bond acceptors (Lipinski definition) is 4. The number of aliphatic imine (C=N–C) groups is 1. The van der Waals surface area contributed by atoms with Crippen molar-refractivity contribution in [2.24, 2.45) is 12.0 Å². The van der Waals surface area contributed by atoms with Gasteiger partial charge in [-0.15, -0.1) is 24.0 Å². The first-order chi connectivity index (χ1) is 13.2. The van der Waals surface area contributed by atoms with Gasteiger partial charge in [0.2, 0.25) is 0 Å². The SMILES string of the molecule is CCNC(=NCc1ncnn1C)NCC(CC)N1CCc2ccccc2C1.I. The Morgan fingerprint density at radius 2 is 2.00 bits per heavy atom. The van der Waals surface area contributed by atoms with Crippen LogP contribution in [0.5, 0.6) is 0 Å². The van der Waals surface area contributed by atoms with E-state index in [0.717, 1.165) is 50.8 Å². The number of nitrogens with one attached hydrogen (secondary N) is 2. The Morgan fingerprint density at radius 3 is 2.68 bits per heavy atom. The highest BCUT2D eigenvalue weighted by Gasteiger charge is 2.22. The van der Waals surface area contributed by atoms with E-state index in [1.54, 1.807) is 11.0 Å². The lowest BCUT2D eigenvalue weighted by atomic mass is 9.98. The number of benzene rings is 1. The lowest BCUT2D eigenvalue weighted by Gasteiger charge is -2.35. The zero-order valence-corrected chi connectivity index (χ0v) is 19.4. The van der Waals surface area contributed by atoms with Crippen LogP contribution in [0.2, 0.25) is 0 Å². The molecule has 0 saturated carbocycles. The van der Waals surface area contributed by atoms with E-state index in [-0.39, 0.29) is 24.0 Å². The molecule has 7 nitrogen and oxygen atoms in total. The van der Waals surface area contributed by atoms with E-state index in [9.17, 15) is 0 Å². The van der Waals surface area contributed by atoms with Crippen LogP contribution in [0.1, 0.15) is 37.2 Å². The first-order valence-electron chi connectivity index (χ1n) is 9.87. The van der Waals surface area contributed by atoms with E-state index < -0.39 is 0 Å². The first kappa shape index (κ1) is 22.6. The van der Waals surface area contributed by atoms with Crippen LogP contribution in [0.4, 0.5) is 0 Å². The summed E-state index contributed by atoms with van der Waals surface area (Å²) >= 11 is 0. The summed E-state index contributed by atoms with van der Waals surface area (Å²) in [4.78, 5) is 11.5. The topological polar surface area (TPSA) is 70.4 Å². The lowest BCUT2D eigenvalue weighted by Crippen LogP contribution is -2.48. The molecule has 0 amide bonds. The van der Waals surface area contributed by atoms with E-state index in [1.165, 1.54) is 11.1 Å². The lowest BCUT2D eigenvalue weighted by molar-refractivity contribution is 0.174. The van der Waals surface area contributed by atoms with Gasteiger partial charge >= 0.3 is 0 Å². The fraction of sp³-hybridized carbons (Fsp3) is 0.550. The minimum Gasteiger partial charge on any atom is -0.357 e. The molecule has 0 aliphatic carbocycles. The van der Waals surface area contributed by atoms with Crippen molar-refractivity contribution in [1.29, 1.82) is 0 Å². The molecule has 2 heterocycles. The molecule has 2 aromatic rings. The maximum absolute atomic E-state index is 4.66. The van der Waals surface area contributed by atoms with Crippen LogP contribution in [0.15, 0.2) is 35.6 Å². The molecule has 1 atom stereocenters. The van der Waals surface area contributed by atoms with Gasteiger partial charge in [0.15, 0.2) is 5.96 Å². The zero-order chi connectivity index (χ0) is 19.1. The van der Waals surface area contributed by atoms with Gasteiger partial charge in [0, 0.05) is 39.3 Å². The Labute approximate surface area is 185 Å². The molecule has 28 heavy (non-hydrogen) atoms. The summed E-state index contributed by atoms with van der Waals surface area (Å²) in [6.45, 7) is 8.71. The van der Waals surface area contributed by atoms with E-state index in [1.807, 2.05) is 7.05 Å². The Balaban J connectivity index is 0.00000280. The van der Waals surface area contributed by atoms with E-state index in [2.05, 4.69) is 68.7 Å². The van der Waals surface area contributed by atoms with Gasteiger partial charge in [-0.3, -0.25) is 9.58 Å². The van der Waals surface area contributed by atoms with Crippen molar-refractivity contribution in [3.63, 3.8) is 0 Å². The molecule has 1 aliphatic rings. The number of aromatic nitrogens is 3. The number of halogens is 1. The summed E-state index contributed by atoms with van der Waals surface area (Å²) in [6, 6.07) is 9.28. The highest BCUT2D eigenvalue weighted by Crippen LogP contribution is 2.21. The van der Waals surface area contributed by atoms with Crippen LogP contribution in [-0.2, 0) is 26.6 Å². The molecule has 0 bridgehead atoms. The Bertz CT molecular complexity index is 759. The summed E-state index contributed by atoms with van der Waals surface area (Å²) in [5.74, 6) is 1.68. The van der Waals surface area contributed by atoms with E-state index >= 15 is 0 Å². The number of guanidine groups is 1. The largest absolute Gasteiger partial charge is 0.357 e. The molecule has 0 saturated heterocycles. The average Bonchev–Trinajstić information content (AvgIpc) is 3.11. The highest BCUT2D eigenvalue weighted by atomic mass is 127. The van der Waals surface area contributed by atoms with Gasteiger partial charge in [0.25, 0.3) is 0 Å². The monoisotopic (exact) mass is 497 g/mol. The third-order valence-electron chi connectivity index (χ3n) is 5.18. The van der Waals surface area contributed by atoms with Crippen LogP contribution in [-0.4, -0.2) is 51.3 Å². The van der Waals surface area contributed by atoms with Crippen molar-refractivity contribution in [2.75, 3.05) is 19.6 Å². The Morgan fingerprint density at radius 1 is 1.21 bits per heavy atom. The minimum atomic E-state index is 0. The predicted octanol–water partition coefficient (Wildman–Crippen LogP) is 2.33. The second-order valence-electron chi connectivity index (χ2n) is 6.93. The van der Waals surface area contributed by atoms with E-state index in [4.69, 9.17) is 0 Å². The van der Waals surface area contributed by atoms with Gasteiger partial charge in [0.1, 0.15) is 18.7 Å². The molecule has 1 unspecified atom stereocenters. The first-order valence-corrected chi connectivity index (χ1v) is 9.87. The molecule has 1 aromatic carbocycles. The molecule has 0 radical (unpaired) electrons. The number of aryl methyl sites for hydroxylation is 1. The molecule has 8 heteroatoms. The molecule has 2 N–H and O–H groups in total. The fourth-order valence-corrected chi connectivity index (χ4v) is 3.53. The normalized spacial score (nSPS) is 15.5. The summed E-state index contributed by atoms with van der Waals surface area (Å²) in [7, 11) is 1.89. The Kier molecular flexibility index (Phi) is 9.17. The van der Waals surface area contributed by atoms with Crippen LogP contribution in [0, 0.1) is 0 Å². The molecule has 1 aliphatic heterocycles. The van der Waals surface area contributed by atoms with Crippen molar-refractivity contribution in [3.05, 3.63) is 47.5 Å². The van der Waals surface area contributed by atoms with Gasteiger partial charge < -0.3 is 10.6 Å². The maximum atomic E-state index is 4.66. The molecular weight excluding hydrogens is 465 g/mol. The van der Waals surface area contributed by atoms with Crippen LogP contribution < -0.4 is 10.6 Å². The minimum absolute atomic E-state index is 0. The summed E-state index contributed by atoms with van der Waals surface area (Å²) in [5, 5.41) is 10.9. The van der Waals surface area contributed by atoms with Gasteiger partial charge in [-0.1, -0.05) is 31.2 Å². The number of hydrogen-bond donors (Lipinski definition) is 2.